The number of para-hydroxylation sites is 1. The number of nitriles is 1. The Morgan fingerprint density at radius 3 is 2.47 bits per heavy atom. The normalized spacial score (nSPS) is 13.6. The average molecular weight is 422 g/mol. The number of hydrogen-bond acceptors (Lipinski definition) is 4. The summed E-state index contributed by atoms with van der Waals surface area (Å²) in [6.45, 7) is 0. The van der Waals surface area contributed by atoms with Gasteiger partial charge >= 0.3 is 5.97 Å². The van der Waals surface area contributed by atoms with Crippen molar-refractivity contribution in [3.8, 4) is 11.8 Å². The predicted octanol–water partition coefficient (Wildman–Crippen LogP) is 5.21. The zero-order valence-electron chi connectivity index (χ0n) is 17.6. The van der Waals surface area contributed by atoms with E-state index in [1.165, 1.54) is 0 Å². The maximum atomic E-state index is 12.9. The van der Waals surface area contributed by atoms with Gasteiger partial charge in [-0.25, -0.2) is 0 Å². The van der Waals surface area contributed by atoms with Crippen LogP contribution in [0.5, 0.6) is 5.75 Å². The molecule has 0 saturated heterocycles. The number of ether oxygens (including phenoxy) is 1. The lowest BCUT2D eigenvalue weighted by atomic mass is 9.65. The summed E-state index contributed by atoms with van der Waals surface area (Å²) in [7, 11) is 1.55. The fourth-order valence-electron chi connectivity index (χ4n) is 4.38. The number of methoxy groups -OCH3 is 1. The van der Waals surface area contributed by atoms with Crippen molar-refractivity contribution in [2.45, 2.75) is 12.3 Å². The Labute approximate surface area is 186 Å². The van der Waals surface area contributed by atoms with E-state index in [4.69, 9.17) is 4.74 Å². The number of hydrogen-bond donors (Lipinski definition) is 1. The molecule has 0 aliphatic carbocycles. The monoisotopic (exact) mass is 422 g/mol. The largest absolute Gasteiger partial charge is 0.496 e. The fourth-order valence-corrected chi connectivity index (χ4v) is 4.38. The van der Waals surface area contributed by atoms with E-state index in [2.05, 4.69) is 11.1 Å². The van der Waals surface area contributed by atoms with Crippen LogP contribution in [0.4, 0.5) is 0 Å². The van der Waals surface area contributed by atoms with E-state index in [1.54, 1.807) is 37.7 Å². The van der Waals surface area contributed by atoms with E-state index < -0.39 is 17.3 Å². The zero-order chi connectivity index (χ0) is 22.6. The van der Waals surface area contributed by atoms with Crippen LogP contribution in [0, 0.1) is 16.7 Å². The molecule has 5 nitrogen and oxygen atoms in total. The molecule has 0 radical (unpaired) electrons. The Balaban J connectivity index is 2.06. The number of rotatable bonds is 7. The Kier molecular flexibility index (Phi) is 5.87. The Hall–Kier alpha value is -4.17. The maximum absolute atomic E-state index is 12.9. The lowest BCUT2D eigenvalue weighted by Crippen LogP contribution is -2.39. The SMILES string of the molecule is COc1ccccc1C(c1cccc2ccccc12)C(C#N)(Cc1cccnc1)C(=O)O. The molecule has 0 aliphatic rings. The van der Waals surface area contributed by atoms with Gasteiger partial charge in [0.05, 0.1) is 13.2 Å². The zero-order valence-corrected chi connectivity index (χ0v) is 17.6. The summed E-state index contributed by atoms with van der Waals surface area (Å²) >= 11 is 0. The highest BCUT2D eigenvalue weighted by atomic mass is 16.5. The van der Waals surface area contributed by atoms with E-state index in [9.17, 15) is 15.2 Å². The van der Waals surface area contributed by atoms with Gasteiger partial charge in [-0.1, -0.05) is 66.7 Å². The molecule has 3 aromatic carbocycles. The van der Waals surface area contributed by atoms with Gasteiger partial charge in [0.2, 0.25) is 0 Å². The van der Waals surface area contributed by atoms with E-state index in [0.29, 0.717) is 16.9 Å². The highest BCUT2D eigenvalue weighted by Gasteiger charge is 2.49. The average Bonchev–Trinajstić information content (AvgIpc) is 2.84. The molecule has 0 spiro atoms. The third kappa shape index (κ3) is 3.67. The minimum absolute atomic E-state index is 0.00138. The van der Waals surface area contributed by atoms with Gasteiger partial charge in [-0.15, -0.1) is 0 Å². The minimum atomic E-state index is -1.79. The molecule has 0 fully saturated rings. The van der Waals surface area contributed by atoms with Crippen LogP contribution < -0.4 is 4.74 Å². The number of carbonyl (C=O) groups is 1. The van der Waals surface area contributed by atoms with E-state index in [-0.39, 0.29) is 6.42 Å². The van der Waals surface area contributed by atoms with Gasteiger partial charge in [-0.2, -0.15) is 5.26 Å². The summed E-state index contributed by atoms with van der Waals surface area (Å²) in [4.78, 5) is 17.0. The quantitative estimate of drug-likeness (QED) is 0.442. The third-order valence-corrected chi connectivity index (χ3v) is 5.86. The molecular weight excluding hydrogens is 400 g/mol. The molecule has 158 valence electrons. The van der Waals surface area contributed by atoms with Gasteiger partial charge < -0.3 is 9.84 Å². The maximum Gasteiger partial charge on any atom is 0.325 e. The number of aliphatic carboxylic acids is 1. The molecular formula is C27H22N2O3. The number of benzene rings is 3. The molecule has 4 aromatic rings. The lowest BCUT2D eigenvalue weighted by Gasteiger charge is -2.34. The molecule has 1 N–H and O–H groups in total. The van der Waals surface area contributed by atoms with Crippen molar-refractivity contribution in [3.63, 3.8) is 0 Å². The van der Waals surface area contributed by atoms with Crippen molar-refractivity contribution in [1.29, 1.82) is 5.26 Å². The van der Waals surface area contributed by atoms with E-state index >= 15 is 0 Å². The number of fused-ring (bicyclic) bond motifs is 1. The van der Waals surface area contributed by atoms with Crippen LogP contribution in [0.3, 0.4) is 0 Å². The number of nitrogens with zero attached hydrogens (tertiary/aromatic N) is 2. The molecule has 5 heteroatoms. The Bertz CT molecular complexity index is 1290. The van der Waals surface area contributed by atoms with Crippen molar-refractivity contribution in [2.24, 2.45) is 5.41 Å². The lowest BCUT2D eigenvalue weighted by molar-refractivity contribution is -0.146. The molecule has 2 atom stereocenters. The Morgan fingerprint density at radius 2 is 1.75 bits per heavy atom. The van der Waals surface area contributed by atoms with Crippen LogP contribution in [0.2, 0.25) is 0 Å². The number of pyridine rings is 1. The first-order valence-electron chi connectivity index (χ1n) is 10.2. The summed E-state index contributed by atoms with van der Waals surface area (Å²) in [5, 5.41) is 22.9. The van der Waals surface area contributed by atoms with Crippen molar-refractivity contribution in [2.75, 3.05) is 7.11 Å². The molecule has 0 amide bonds. The smallest absolute Gasteiger partial charge is 0.325 e. The second-order valence-corrected chi connectivity index (χ2v) is 7.67. The predicted molar refractivity (Wildman–Crippen MR) is 122 cm³/mol. The van der Waals surface area contributed by atoms with Gasteiger partial charge in [0.15, 0.2) is 5.41 Å². The molecule has 0 saturated carbocycles. The van der Waals surface area contributed by atoms with Crippen LogP contribution in [0.1, 0.15) is 22.6 Å². The fraction of sp³-hybridized carbons (Fsp3) is 0.148. The van der Waals surface area contributed by atoms with Gasteiger partial charge in [0.25, 0.3) is 0 Å². The van der Waals surface area contributed by atoms with Crippen molar-refractivity contribution in [1.82, 2.24) is 4.98 Å². The molecule has 32 heavy (non-hydrogen) atoms. The van der Waals surface area contributed by atoms with Crippen molar-refractivity contribution < 1.29 is 14.6 Å². The second-order valence-electron chi connectivity index (χ2n) is 7.67. The summed E-state index contributed by atoms with van der Waals surface area (Å²) in [5.41, 5.74) is 0.304. The summed E-state index contributed by atoms with van der Waals surface area (Å²) in [6.07, 6.45) is 3.23. The van der Waals surface area contributed by atoms with Gasteiger partial charge in [0.1, 0.15) is 5.75 Å². The third-order valence-electron chi connectivity index (χ3n) is 5.86. The van der Waals surface area contributed by atoms with Crippen LogP contribution in [0.15, 0.2) is 91.3 Å². The number of aromatic nitrogens is 1. The minimum Gasteiger partial charge on any atom is -0.496 e. The highest BCUT2D eigenvalue weighted by molar-refractivity contribution is 5.89. The highest BCUT2D eigenvalue weighted by Crippen LogP contribution is 2.48. The summed E-state index contributed by atoms with van der Waals surface area (Å²) < 4.78 is 5.61. The van der Waals surface area contributed by atoms with Crippen molar-refractivity contribution >= 4 is 16.7 Å². The molecule has 1 heterocycles. The van der Waals surface area contributed by atoms with Crippen LogP contribution in [0.25, 0.3) is 10.8 Å². The molecule has 1 aromatic heterocycles. The van der Waals surface area contributed by atoms with Gasteiger partial charge in [-0.3, -0.25) is 9.78 Å². The van der Waals surface area contributed by atoms with E-state index in [1.807, 2.05) is 60.7 Å². The second kappa shape index (κ2) is 8.91. The molecule has 0 aliphatic heterocycles. The number of carboxylic acids is 1. The number of carboxylic acid groups (broad SMARTS) is 1. The van der Waals surface area contributed by atoms with Crippen LogP contribution in [-0.2, 0) is 11.2 Å². The summed E-state index contributed by atoms with van der Waals surface area (Å²) in [6, 6.07) is 26.6. The molecule has 4 rings (SSSR count). The van der Waals surface area contributed by atoms with E-state index in [0.717, 1.165) is 16.3 Å². The molecule has 0 bridgehead atoms. The molecule has 2 unspecified atom stereocenters. The standard InChI is InChI=1S/C27H22N2O3/c1-32-24-14-5-4-12-23(24)25(22-13-6-10-20-9-2-3-11-21(20)22)27(18-28,26(30)31)16-19-8-7-15-29-17-19/h2-15,17,25H,16H2,1H3,(H,30,31). The van der Waals surface area contributed by atoms with Gasteiger partial charge in [0, 0.05) is 30.3 Å². The Morgan fingerprint density at radius 1 is 1.03 bits per heavy atom. The van der Waals surface area contributed by atoms with Crippen molar-refractivity contribution in [3.05, 3.63) is 108 Å². The van der Waals surface area contributed by atoms with Crippen LogP contribution in [-0.4, -0.2) is 23.2 Å². The first kappa shape index (κ1) is 21.1. The van der Waals surface area contributed by atoms with Crippen LogP contribution >= 0.6 is 0 Å². The topological polar surface area (TPSA) is 83.2 Å². The first-order valence-corrected chi connectivity index (χ1v) is 10.2. The summed E-state index contributed by atoms with van der Waals surface area (Å²) in [5.74, 6) is -1.43. The first-order chi connectivity index (χ1) is 15.6. The van der Waals surface area contributed by atoms with Gasteiger partial charge in [-0.05, 0) is 34.0 Å².